The zero-order valence-electron chi connectivity index (χ0n) is 10.5. The first-order chi connectivity index (χ1) is 9.35. The van der Waals surface area contributed by atoms with E-state index in [2.05, 4.69) is 5.16 Å². The van der Waals surface area contributed by atoms with Crippen molar-refractivity contribution < 1.29 is 17.1 Å². The summed E-state index contributed by atoms with van der Waals surface area (Å²) >= 11 is 5.88. The number of nitrogens with zero attached hydrogens (tertiary/aromatic N) is 2. The minimum absolute atomic E-state index is 0.0272. The van der Waals surface area contributed by atoms with E-state index in [0.29, 0.717) is 5.56 Å². The fourth-order valence-electron chi connectivity index (χ4n) is 1.63. The second-order valence-corrected chi connectivity index (χ2v) is 5.84. The Bertz CT molecular complexity index is 786. The molecule has 20 heavy (non-hydrogen) atoms. The van der Waals surface area contributed by atoms with E-state index in [-0.39, 0.29) is 27.1 Å². The minimum atomic E-state index is -4.10. The first-order valence-corrected chi connectivity index (χ1v) is 7.21. The summed E-state index contributed by atoms with van der Waals surface area (Å²) in [7, 11) is -4.10. The van der Waals surface area contributed by atoms with Crippen LogP contribution in [-0.2, 0) is 10.1 Å². The number of rotatable bonds is 3. The molecule has 0 fully saturated rings. The summed E-state index contributed by atoms with van der Waals surface area (Å²) in [5, 5.41) is 12.3. The van der Waals surface area contributed by atoms with Crippen molar-refractivity contribution >= 4 is 21.7 Å². The quantitative estimate of drug-likeness (QED) is 0.809. The minimum Gasteiger partial charge on any atom is -0.377 e. The largest absolute Gasteiger partial charge is 0.377 e. The van der Waals surface area contributed by atoms with Crippen LogP contribution in [-0.4, -0.2) is 13.6 Å². The molecule has 2 aromatic rings. The Labute approximate surface area is 120 Å². The molecular weight excluding hydrogens is 304 g/mol. The highest BCUT2D eigenvalue weighted by Gasteiger charge is 2.27. The van der Waals surface area contributed by atoms with Crippen molar-refractivity contribution in [3.63, 3.8) is 0 Å². The topological polar surface area (TPSA) is 93.2 Å². The van der Waals surface area contributed by atoms with Gasteiger partial charge in [0.1, 0.15) is 5.69 Å². The first-order valence-electron chi connectivity index (χ1n) is 5.42. The van der Waals surface area contributed by atoms with Gasteiger partial charge in [-0.3, -0.25) is 0 Å². The van der Waals surface area contributed by atoms with Gasteiger partial charge in [-0.15, -0.1) is 0 Å². The number of nitriles is 1. The lowest BCUT2D eigenvalue weighted by molar-refractivity contribution is 0.390. The number of halogens is 1. The van der Waals surface area contributed by atoms with Crippen molar-refractivity contribution in [1.82, 2.24) is 5.16 Å². The number of hydrogen-bond acceptors (Lipinski definition) is 6. The molecule has 1 aromatic heterocycles. The monoisotopic (exact) mass is 312 g/mol. The zero-order chi connectivity index (χ0) is 14.9. The molecule has 0 unspecified atom stereocenters. The second kappa shape index (κ2) is 5.15. The molecule has 1 aromatic carbocycles. The Hall–Kier alpha value is -2.04. The molecule has 0 aliphatic heterocycles. The predicted octanol–water partition coefficient (Wildman–Crippen LogP) is 2.58. The van der Waals surface area contributed by atoms with Crippen LogP contribution in [0.4, 0.5) is 0 Å². The normalized spacial score (nSPS) is 11.1. The maximum absolute atomic E-state index is 12.2. The third-order valence-corrected chi connectivity index (χ3v) is 4.26. The van der Waals surface area contributed by atoms with Crippen molar-refractivity contribution in [1.29, 1.82) is 5.26 Å². The molecule has 8 heteroatoms. The van der Waals surface area contributed by atoms with Gasteiger partial charge < -0.3 is 8.71 Å². The standard InChI is InChI=1S/C12H9ClN2O4S/c1-7-12(8(2)18-15-7)20(16,17)19-11-4-3-9(6-14)5-10(11)13/h3-5H,1-2H3. The van der Waals surface area contributed by atoms with Gasteiger partial charge >= 0.3 is 10.1 Å². The Morgan fingerprint density at radius 2 is 2.10 bits per heavy atom. The van der Waals surface area contributed by atoms with E-state index in [1.54, 1.807) is 0 Å². The maximum atomic E-state index is 12.2. The first kappa shape index (κ1) is 14.4. The summed E-state index contributed by atoms with van der Waals surface area (Å²) in [5.74, 6) is 0.0675. The van der Waals surface area contributed by atoms with Gasteiger partial charge in [0.2, 0.25) is 0 Å². The van der Waals surface area contributed by atoms with Crippen molar-refractivity contribution in [2.45, 2.75) is 18.7 Å². The Balaban J connectivity index is 2.42. The van der Waals surface area contributed by atoms with E-state index in [1.807, 2.05) is 6.07 Å². The van der Waals surface area contributed by atoms with E-state index in [9.17, 15) is 8.42 Å². The maximum Gasteiger partial charge on any atom is 0.344 e. The third-order valence-electron chi connectivity index (χ3n) is 2.48. The lowest BCUT2D eigenvalue weighted by Gasteiger charge is -2.08. The molecule has 2 rings (SSSR count). The average molecular weight is 313 g/mol. The summed E-state index contributed by atoms with van der Waals surface area (Å²) in [6, 6.07) is 5.93. The summed E-state index contributed by atoms with van der Waals surface area (Å²) in [6.45, 7) is 2.96. The van der Waals surface area contributed by atoms with Gasteiger partial charge in [0.15, 0.2) is 16.4 Å². The smallest absolute Gasteiger partial charge is 0.344 e. The van der Waals surface area contributed by atoms with E-state index >= 15 is 0 Å². The van der Waals surface area contributed by atoms with Crippen molar-refractivity contribution in [3.8, 4) is 11.8 Å². The molecule has 0 spiro atoms. The van der Waals surface area contributed by atoms with Crippen LogP contribution in [0.5, 0.6) is 5.75 Å². The van der Waals surface area contributed by atoms with Crippen LogP contribution in [0.15, 0.2) is 27.6 Å². The molecule has 0 N–H and O–H groups in total. The van der Waals surface area contributed by atoms with Gasteiger partial charge in [0, 0.05) is 0 Å². The third kappa shape index (κ3) is 2.61. The lowest BCUT2D eigenvalue weighted by Crippen LogP contribution is -2.11. The molecule has 0 saturated carbocycles. The van der Waals surface area contributed by atoms with Crippen LogP contribution in [0, 0.1) is 25.2 Å². The fourth-order valence-corrected chi connectivity index (χ4v) is 3.15. The Morgan fingerprint density at radius 1 is 1.40 bits per heavy atom. The molecule has 0 aliphatic carbocycles. The fraction of sp³-hybridized carbons (Fsp3) is 0.167. The highest BCUT2D eigenvalue weighted by Crippen LogP contribution is 2.30. The SMILES string of the molecule is Cc1noc(C)c1S(=O)(=O)Oc1ccc(C#N)cc1Cl. The molecule has 0 aliphatic rings. The Kier molecular flexibility index (Phi) is 3.70. The molecule has 0 saturated heterocycles. The molecule has 0 amide bonds. The highest BCUT2D eigenvalue weighted by molar-refractivity contribution is 7.87. The van der Waals surface area contributed by atoms with Crippen molar-refractivity contribution in [2.75, 3.05) is 0 Å². The Morgan fingerprint density at radius 3 is 2.60 bits per heavy atom. The van der Waals surface area contributed by atoms with Gasteiger partial charge in [0.25, 0.3) is 0 Å². The summed E-state index contributed by atoms with van der Waals surface area (Å²) < 4.78 is 34.1. The van der Waals surface area contributed by atoms with Crippen molar-refractivity contribution in [3.05, 3.63) is 40.2 Å². The zero-order valence-corrected chi connectivity index (χ0v) is 12.1. The second-order valence-electron chi connectivity index (χ2n) is 3.95. The van der Waals surface area contributed by atoms with Crippen molar-refractivity contribution in [2.24, 2.45) is 0 Å². The molecule has 104 valence electrons. The number of hydrogen-bond donors (Lipinski definition) is 0. The van der Waals surface area contributed by atoms with Gasteiger partial charge in [-0.1, -0.05) is 16.8 Å². The summed E-state index contributed by atoms with van der Waals surface area (Å²) in [6.07, 6.45) is 0. The molecular formula is C12H9ClN2O4S. The lowest BCUT2D eigenvalue weighted by atomic mass is 10.2. The summed E-state index contributed by atoms with van der Waals surface area (Å²) in [4.78, 5) is -0.127. The number of aryl methyl sites for hydroxylation is 2. The molecule has 0 radical (unpaired) electrons. The van der Waals surface area contributed by atoms with Crippen LogP contribution in [0.2, 0.25) is 5.02 Å². The molecule has 0 atom stereocenters. The average Bonchev–Trinajstić information content (AvgIpc) is 2.72. The molecule has 0 bridgehead atoms. The van der Waals surface area contributed by atoms with E-state index in [1.165, 1.54) is 32.0 Å². The number of benzene rings is 1. The molecule has 6 nitrogen and oxygen atoms in total. The van der Waals surface area contributed by atoms with Crippen LogP contribution in [0.3, 0.4) is 0 Å². The van der Waals surface area contributed by atoms with Crippen LogP contribution < -0.4 is 4.18 Å². The van der Waals surface area contributed by atoms with Gasteiger partial charge in [-0.25, -0.2) is 0 Å². The van der Waals surface area contributed by atoms with E-state index < -0.39 is 10.1 Å². The van der Waals surface area contributed by atoms with E-state index in [0.717, 1.165) is 0 Å². The number of aromatic nitrogens is 1. The van der Waals surface area contributed by atoms with E-state index in [4.69, 9.17) is 25.6 Å². The van der Waals surface area contributed by atoms with Crippen LogP contribution >= 0.6 is 11.6 Å². The van der Waals surface area contributed by atoms with Crippen LogP contribution in [0.25, 0.3) is 0 Å². The van der Waals surface area contributed by atoms with Gasteiger partial charge in [-0.2, -0.15) is 13.7 Å². The van der Waals surface area contributed by atoms with Gasteiger partial charge in [0.05, 0.1) is 16.7 Å². The summed E-state index contributed by atoms with van der Waals surface area (Å²) in [5.41, 5.74) is 0.504. The molecule has 1 heterocycles. The van der Waals surface area contributed by atoms with Gasteiger partial charge in [-0.05, 0) is 32.0 Å². The highest BCUT2D eigenvalue weighted by atomic mass is 35.5. The van der Waals surface area contributed by atoms with Crippen LogP contribution in [0.1, 0.15) is 17.0 Å². The predicted molar refractivity (Wildman–Crippen MR) is 70.0 cm³/mol.